The fraction of sp³-hybridized carbons (Fsp3) is 0.292. The zero-order chi connectivity index (χ0) is 27.6. The van der Waals surface area contributed by atoms with Crippen molar-refractivity contribution in [3.8, 4) is 5.75 Å². The van der Waals surface area contributed by atoms with E-state index in [2.05, 4.69) is 25.1 Å². The van der Waals surface area contributed by atoms with Gasteiger partial charge in [0.25, 0.3) is 11.5 Å². The molecule has 0 bridgehead atoms. The topological polar surface area (TPSA) is 137 Å². The van der Waals surface area contributed by atoms with Crippen LogP contribution in [0.4, 0.5) is 14.5 Å². The lowest BCUT2D eigenvalue weighted by Gasteiger charge is -2.26. The molecule has 1 amide bonds. The maximum atomic E-state index is 14.4. The Bertz CT molecular complexity index is 1520. The van der Waals surface area contributed by atoms with Crippen molar-refractivity contribution in [3.05, 3.63) is 86.6 Å². The first kappa shape index (κ1) is 26.9. The van der Waals surface area contributed by atoms with Gasteiger partial charge in [-0.25, -0.2) is 13.8 Å². The molecular weight excluding hydrogens is 526 g/mol. The number of aromatic nitrogens is 5. The Kier molecular flexibility index (Phi) is 7.88. The third kappa shape index (κ3) is 5.29. The van der Waals surface area contributed by atoms with Crippen molar-refractivity contribution in [2.24, 2.45) is 7.05 Å². The summed E-state index contributed by atoms with van der Waals surface area (Å²) in [6.45, 7) is 2.48. The maximum Gasteiger partial charge on any atom is 0.296 e. The summed E-state index contributed by atoms with van der Waals surface area (Å²) in [5, 5.41) is 20.6. The van der Waals surface area contributed by atoms with Crippen molar-refractivity contribution < 1.29 is 27.9 Å². The number of anilines is 1. The van der Waals surface area contributed by atoms with E-state index in [4.69, 9.17) is 16.3 Å². The lowest BCUT2D eigenvalue weighted by atomic mass is 9.82. The van der Waals surface area contributed by atoms with Crippen LogP contribution in [0.1, 0.15) is 46.2 Å². The first-order valence-corrected chi connectivity index (χ1v) is 11.7. The highest BCUT2D eigenvalue weighted by Crippen LogP contribution is 2.41. The van der Waals surface area contributed by atoms with Crippen LogP contribution < -0.4 is 10.9 Å². The standard InChI is InChI=1S/C24H23ClF2N6O5/c1-12(22-31-20(21(34)24(36)32(22)2)23(35)30-14-9-29-38-11-14)19(13-8-28-33(10-13)4-5-37-3)15-6-17(26)18(27)7-16(15)25/h6-12,19,34H,4-5H2,1-3H3,(H,30,35)/t12-,19-/m1/s1. The molecule has 2 N–H and O–H groups in total. The van der Waals surface area contributed by atoms with Gasteiger partial charge in [0.2, 0.25) is 5.75 Å². The van der Waals surface area contributed by atoms with Crippen molar-refractivity contribution in [3.63, 3.8) is 0 Å². The Morgan fingerprint density at radius 2 is 2.03 bits per heavy atom. The quantitative estimate of drug-likeness (QED) is 0.303. The normalized spacial score (nSPS) is 12.9. The molecule has 200 valence electrons. The van der Waals surface area contributed by atoms with Crippen LogP contribution in [0.2, 0.25) is 5.02 Å². The van der Waals surface area contributed by atoms with Crippen LogP contribution in [-0.4, -0.2) is 49.2 Å². The van der Waals surface area contributed by atoms with E-state index >= 15 is 0 Å². The van der Waals surface area contributed by atoms with Crippen molar-refractivity contribution in [1.82, 2.24) is 24.5 Å². The molecule has 0 aliphatic heterocycles. The maximum absolute atomic E-state index is 14.4. The Morgan fingerprint density at radius 1 is 1.29 bits per heavy atom. The van der Waals surface area contributed by atoms with Gasteiger partial charge >= 0.3 is 0 Å². The second kappa shape index (κ2) is 11.1. The van der Waals surface area contributed by atoms with Crippen LogP contribution in [0.5, 0.6) is 5.75 Å². The lowest BCUT2D eigenvalue weighted by Crippen LogP contribution is -2.29. The number of nitrogens with one attached hydrogen (secondary N) is 1. The molecule has 0 saturated carbocycles. The van der Waals surface area contributed by atoms with Crippen LogP contribution in [0, 0.1) is 11.6 Å². The van der Waals surface area contributed by atoms with Crippen molar-refractivity contribution in [2.45, 2.75) is 25.3 Å². The molecule has 0 radical (unpaired) electrons. The van der Waals surface area contributed by atoms with E-state index in [1.807, 2.05) is 0 Å². The molecule has 0 fully saturated rings. The van der Waals surface area contributed by atoms with E-state index < -0.39 is 46.4 Å². The van der Waals surface area contributed by atoms with E-state index in [0.29, 0.717) is 18.7 Å². The molecule has 0 aliphatic rings. The van der Waals surface area contributed by atoms with Gasteiger partial charge < -0.3 is 19.7 Å². The molecule has 4 aromatic rings. The van der Waals surface area contributed by atoms with Crippen LogP contribution >= 0.6 is 11.6 Å². The van der Waals surface area contributed by atoms with Gasteiger partial charge in [-0.15, -0.1) is 0 Å². The van der Waals surface area contributed by atoms with Gasteiger partial charge in [0, 0.05) is 37.2 Å². The summed E-state index contributed by atoms with van der Waals surface area (Å²) in [6.07, 6.45) is 5.60. The summed E-state index contributed by atoms with van der Waals surface area (Å²) in [5.41, 5.74) is -0.479. The third-order valence-electron chi connectivity index (χ3n) is 6.03. The predicted octanol–water partition coefficient (Wildman–Crippen LogP) is 3.44. The molecule has 38 heavy (non-hydrogen) atoms. The fourth-order valence-corrected chi connectivity index (χ4v) is 4.41. The molecule has 0 aliphatic carbocycles. The molecule has 0 spiro atoms. The van der Waals surface area contributed by atoms with Gasteiger partial charge in [0.05, 0.1) is 25.5 Å². The van der Waals surface area contributed by atoms with E-state index in [1.165, 1.54) is 19.4 Å². The largest absolute Gasteiger partial charge is 0.501 e. The predicted molar refractivity (Wildman–Crippen MR) is 131 cm³/mol. The van der Waals surface area contributed by atoms with Crippen molar-refractivity contribution in [1.29, 1.82) is 0 Å². The van der Waals surface area contributed by atoms with Crippen molar-refractivity contribution in [2.75, 3.05) is 19.0 Å². The third-order valence-corrected chi connectivity index (χ3v) is 6.35. The van der Waals surface area contributed by atoms with E-state index in [9.17, 15) is 23.5 Å². The van der Waals surface area contributed by atoms with Gasteiger partial charge in [-0.05, 0) is 23.3 Å². The number of hydrogen-bond acceptors (Lipinski definition) is 8. The number of amides is 1. The minimum Gasteiger partial charge on any atom is -0.501 e. The highest BCUT2D eigenvalue weighted by molar-refractivity contribution is 6.31. The van der Waals surface area contributed by atoms with E-state index in [-0.39, 0.29) is 22.1 Å². The lowest BCUT2D eigenvalue weighted by molar-refractivity contribution is 0.101. The first-order valence-electron chi connectivity index (χ1n) is 11.3. The van der Waals surface area contributed by atoms with Gasteiger partial charge in [0.1, 0.15) is 17.8 Å². The number of ether oxygens (including phenoxy) is 1. The van der Waals surface area contributed by atoms with Crippen molar-refractivity contribution >= 4 is 23.2 Å². The summed E-state index contributed by atoms with van der Waals surface area (Å²) in [7, 11) is 2.92. The summed E-state index contributed by atoms with van der Waals surface area (Å²) < 4.78 is 40.7. The average Bonchev–Trinajstić information content (AvgIpc) is 3.57. The molecule has 3 aromatic heterocycles. The summed E-state index contributed by atoms with van der Waals surface area (Å²) in [6, 6.07) is 1.84. The monoisotopic (exact) mass is 548 g/mol. The summed E-state index contributed by atoms with van der Waals surface area (Å²) in [5.74, 6) is -5.46. The molecule has 14 heteroatoms. The molecule has 1 aromatic carbocycles. The zero-order valence-electron chi connectivity index (χ0n) is 20.5. The second-order valence-electron chi connectivity index (χ2n) is 8.48. The Hall–Kier alpha value is -4.10. The molecule has 0 saturated heterocycles. The van der Waals surface area contributed by atoms with Crippen LogP contribution in [0.3, 0.4) is 0 Å². The number of carbonyl (C=O) groups is 1. The SMILES string of the molecule is COCCn1cc([C@H](c2cc(F)c(F)cc2Cl)[C@@H](C)c2nc(C(=O)Nc3cnoc3)c(O)c(=O)n2C)cn1. The number of hydrogen-bond donors (Lipinski definition) is 2. The molecule has 3 heterocycles. The van der Waals surface area contributed by atoms with Crippen LogP contribution in [0.25, 0.3) is 0 Å². The Labute approximate surface area is 219 Å². The minimum absolute atomic E-state index is 0.0559. The first-order chi connectivity index (χ1) is 18.1. The smallest absolute Gasteiger partial charge is 0.296 e. The van der Waals surface area contributed by atoms with E-state index in [0.717, 1.165) is 23.0 Å². The number of halogens is 3. The average molecular weight is 549 g/mol. The molecule has 2 atom stereocenters. The molecule has 0 unspecified atom stereocenters. The number of nitrogens with zero attached hydrogens (tertiary/aromatic N) is 5. The fourth-order valence-electron chi connectivity index (χ4n) is 4.14. The summed E-state index contributed by atoms with van der Waals surface area (Å²) in [4.78, 5) is 30.0. The summed E-state index contributed by atoms with van der Waals surface area (Å²) >= 11 is 6.36. The number of aromatic hydroxyl groups is 1. The van der Waals surface area contributed by atoms with E-state index in [1.54, 1.807) is 24.9 Å². The minimum atomic E-state index is -1.12. The molecular formula is C24H23ClF2N6O5. The van der Waals surface area contributed by atoms with Gasteiger partial charge in [0.15, 0.2) is 17.3 Å². The highest BCUT2D eigenvalue weighted by atomic mass is 35.5. The van der Waals surface area contributed by atoms with Crippen LogP contribution in [-0.2, 0) is 18.3 Å². The molecule has 4 rings (SSSR count). The zero-order valence-corrected chi connectivity index (χ0v) is 21.2. The second-order valence-corrected chi connectivity index (χ2v) is 8.89. The molecule has 11 nitrogen and oxygen atoms in total. The van der Waals surface area contributed by atoms with Gasteiger partial charge in [-0.1, -0.05) is 23.7 Å². The Balaban J connectivity index is 1.84. The van der Waals surface area contributed by atoms with Crippen LogP contribution in [0.15, 0.2) is 46.3 Å². The number of carbonyl (C=O) groups excluding carboxylic acids is 1. The number of benzene rings is 1. The number of methoxy groups -OCH3 is 1. The number of rotatable bonds is 9. The van der Waals surface area contributed by atoms with Gasteiger partial charge in [-0.3, -0.25) is 18.8 Å². The highest BCUT2D eigenvalue weighted by Gasteiger charge is 2.32. The Morgan fingerprint density at radius 3 is 2.71 bits per heavy atom. The van der Waals surface area contributed by atoms with Gasteiger partial charge in [-0.2, -0.15) is 5.10 Å².